The number of hydrogen-bond donors (Lipinski definition) is 1. The number of rotatable bonds is 8. The van der Waals surface area contributed by atoms with Crippen LogP contribution in [0.2, 0.25) is 0 Å². The van der Waals surface area contributed by atoms with Crippen LogP contribution in [0.15, 0.2) is 66.9 Å². The number of benzene rings is 2. The van der Waals surface area contributed by atoms with Gasteiger partial charge in [0.2, 0.25) is 5.91 Å². The fourth-order valence-corrected chi connectivity index (χ4v) is 3.04. The number of likely N-dealkylation sites (N-methyl/N-ethyl adjacent to an activating group) is 1. The standard InChI is InChI=1S/C23H28N4O/c1-18(2)14-24-22(28)17-26(3)15-20-16-27(21-12-8-5-9-13-21)25-23(20)19-10-6-4-7-11-19/h4-13,16,18H,14-15,17H2,1-3H3,(H,24,28). The predicted octanol–water partition coefficient (Wildman–Crippen LogP) is 3.74. The van der Waals surface area contributed by atoms with Crippen LogP contribution in [0.5, 0.6) is 0 Å². The first-order valence-electron chi connectivity index (χ1n) is 9.67. The van der Waals surface area contributed by atoms with E-state index in [4.69, 9.17) is 5.10 Å². The molecule has 2 aromatic carbocycles. The lowest BCUT2D eigenvalue weighted by Gasteiger charge is -2.17. The van der Waals surface area contributed by atoms with Crippen LogP contribution in [0.25, 0.3) is 16.9 Å². The Kier molecular flexibility index (Phi) is 6.61. The van der Waals surface area contributed by atoms with Gasteiger partial charge in [-0.2, -0.15) is 5.10 Å². The van der Waals surface area contributed by atoms with E-state index in [1.54, 1.807) is 0 Å². The summed E-state index contributed by atoms with van der Waals surface area (Å²) in [5.74, 6) is 0.496. The zero-order valence-electron chi connectivity index (χ0n) is 16.8. The molecule has 146 valence electrons. The molecule has 1 heterocycles. The summed E-state index contributed by atoms with van der Waals surface area (Å²) >= 11 is 0. The molecule has 3 aromatic rings. The van der Waals surface area contributed by atoms with Crippen molar-refractivity contribution in [3.05, 3.63) is 72.4 Å². The van der Waals surface area contributed by atoms with Crippen LogP contribution in [-0.2, 0) is 11.3 Å². The first-order chi connectivity index (χ1) is 13.5. The maximum Gasteiger partial charge on any atom is 0.234 e. The molecule has 28 heavy (non-hydrogen) atoms. The Labute approximate surface area is 167 Å². The van der Waals surface area contributed by atoms with Crippen molar-refractivity contribution < 1.29 is 4.79 Å². The fourth-order valence-electron chi connectivity index (χ4n) is 3.04. The molecule has 0 bridgehead atoms. The van der Waals surface area contributed by atoms with Gasteiger partial charge in [0, 0.05) is 30.4 Å². The summed E-state index contributed by atoms with van der Waals surface area (Å²) in [6.07, 6.45) is 2.06. The molecule has 0 spiro atoms. The summed E-state index contributed by atoms with van der Waals surface area (Å²) in [6, 6.07) is 20.2. The van der Waals surface area contributed by atoms with E-state index in [9.17, 15) is 4.79 Å². The van der Waals surface area contributed by atoms with Gasteiger partial charge in [0.1, 0.15) is 0 Å². The van der Waals surface area contributed by atoms with Gasteiger partial charge >= 0.3 is 0 Å². The van der Waals surface area contributed by atoms with Gasteiger partial charge in [-0.3, -0.25) is 9.69 Å². The molecule has 5 heteroatoms. The minimum Gasteiger partial charge on any atom is -0.355 e. The van der Waals surface area contributed by atoms with Crippen molar-refractivity contribution >= 4 is 5.91 Å². The summed E-state index contributed by atoms with van der Waals surface area (Å²) < 4.78 is 1.91. The molecule has 0 aliphatic rings. The molecule has 0 saturated heterocycles. The Morgan fingerprint density at radius 1 is 1.07 bits per heavy atom. The van der Waals surface area contributed by atoms with Gasteiger partial charge in [-0.05, 0) is 25.1 Å². The highest BCUT2D eigenvalue weighted by Gasteiger charge is 2.15. The van der Waals surface area contributed by atoms with Crippen molar-refractivity contribution in [2.24, 2.45) is 5.92 Å². The van der Waals surface area contributed by atoms with Crippen molar-refractivity contribution in [1.29, 1.82) is 0 Å². The normalized spacial score (nSPS) is 11.2. The Balaban J connectivity index is 1.81. The second-order valence-electron chi connectivity index (χ2n) is 7.52. The van der Waals surface area contributed by atoms with Crippen molar-refractivity contribution in [3.8, 4) is 16.9 Å². The highest BCUT2D eigenvalue weighted by Crippen LogP contribution is 2.24. The van der Waals surface area contributed by atoms with Crippen LogP contribution in [0.4, 0.5) is 0 Å². The molecule has 3 rings (SSSR count). The lowest BCUT2D eigenvalue weighted by molar-refractivity contribution is -0.122. The molecule has 1 aromatic heterocycles. The molecule has 0 atom stereocenters. The van der Waals surface area contributed by atoms with Crippen molar-refractivity contribution in [3.63, 3.8) is 0 Å². The Morgan fingerprint density at radius 2 is 1.71 bits per heavy atom. The number of hydrogen-bond acceptors (Lipinski definition) is 3. The van der Waals surface area contributed by atoms with E-state index < -0.39 is 0 Å². The molecule has 1 amide bonds. The Morgan fingerprint density at radius 3 is 2.36 bits per heavy atom. The minimum absolute atomic E-state index is 0.0490. The monoisotopic (exact) mass is 376 g/mol. The number of aromatic nitrogens is 2. The van der Waals surface area contributed by atoms with Crippen molar-refractivity contribution in [2.75, 3.05) is 20.1 Å². The van der Waals surface area contributed by atoms with Crippen LogP contribution in [0.1, 0.15) is 19.4 Å². The van der Waals surface area contributed by atoms with E-state index in [1.165, 1.54) is 0 Å². The molecule has 0 aliphatic heterocycles. The Hall–Kier alpha value is -2.92. The van der Waals surface area contributed by atoms with Gasteiger partial charge in [-0.15, -0.1) is 0 Å². The number of carbonyl (C=O) groups excluding carboxylic acids is 1. The third-order valence-corrected chi connectivity index (χ3v) is 4.42. The second kappa shape index (κ2) is 9.33. The highest BCUT2D eigenvalue weighted by molar-refractivity contribution is 5.78. The molecule has 0 saturated carbocycles. The van der Waals surface area contributed by atoms with Crippen molar-refractivity contribution in [2.45, 2.75) is 20.4 Å². The van der Waals surface area contributed by atoms with Gasteiger partial charge in [0.15, 0.2) is 0 Å². The van der Waals surface area contributed by atoms with Gasteiger partial charge in [0.05, 0.1) is 17.9 Å². The van der Waals surface area contributed by atoms with Gasteiger partial charge in [-0.25, -0.2) is 4.68 Å². The maximum absolute atomic E-state index is 12.2. The van der Waals surface area contributed by atoms with Gasteiger partial charge in [0.25, 0.3) is 0 Å². The summed E-state index contributed by atoms with van der Waals surface area (Å²) in [7, 11) is 1.96. The molecule has 1 N–H and O–H groups in total. The van der Waals surface area contributed by atoms with Crippen molar-refractivity contribution in [1.82, 2.24) is 20.0 Å². The first-order valence-corrected chi connectivity index (χ1v) is 9.67. The number of amides is 1. The number of nitrogens with one attached hydrogen (secondary N) is 1. The van der Waals surface area contributed by atoms with Gasteiger partial charge < -0.3 is 5.32 Å². The number of nitrogens with zero attached hydrogens (tertiary/aromatic N) is 3. The molecule has 0 aliphatic carbocycles. The van der Waals surface area contributed by atoms with Gasteiger partial charge in [-0.1, -0.05) is 62.4 Å². The van der Waals surface area contributed by atoms with Crippen LogP contribution in [-0.4, -0.2) is 40.7 Å². The summed E-state index contributed by atoms with van der Waals surface area (Å²) in [4.78, 5) is 14.2. The molecular weight excluding hydrogens is 348 g/mol. The smallest absolute Gasteiger partial charge is 0.234 e. The average Bonchev–Trinajstić information content (AvgIpc) is 3.11. The van der Waals surface area contributed by atoms with Crippen LogP contribution < -0.4 is 5.32 Å². The van der Waals surface area contributed by atoms with Crippen LogP contribution >= 0.6 is 0 Å². The van der Waals surface area contributed by atoms with E-state index in [0.29, 0.717) is 25.6 Å². The van der Waals surface area contributed by atoms with Crippen LogP contribution in [0.3, 0.4) is 0 Å². The molecule has 0 fully saturated rings. The summed E-state index contributed by atoms with van der Waals surface area (Å²) in [5, 5.41) is 7.81. The number of carbonyl (C=O) groups is 1. The minimum atomic E-state index is 0.0490. The largest absolute Gasteiger partial charge is 0.355 e. The molecule has 0 radical (unpaired) electrons. The lowest BCUT2D eigenvalue weighted by atomic mass is 10.1. The summed E-state index contributed by atoms with van der Waals surface area (Å²) in [6.45, 7) is 5.89. The number of para-hydroxylation sites is 1. The van der Waals surface area contributed by atoms with E-state index >= 15 is 0 Å². The predicted molar refractivity (Wildman–Crippen MR) is 113 cm³/mol. The Bertz CT molecular complexity index is 887. The zero-order chi connectivity index (χ0) is 19.9. The molecule has 0 unspecified atom stereocenters. The first kappa shape index (κ1) is 19.8. The highest BCUT2D eigenvalue weighted by atomic mass is 16.2. The third kappa shape index (κ3) is 5.30. The van der Waals surface area contributed by atoms with E-state index in [0.717, 1.165) is 22.5 Å². The quantitative estimate of drug-likeness (QED) is 0.651. The topological polar surface area (TPSA) is 50.2 Å². The SMILES string of the molecule is CC(C)CNC(=O)CN(C)Cc1cn(-c2ccccc2)nc1-c1ccccc1. The molecule has 5 nitrogen and oxygen atoms in total. The maximum atomic E-state index is 12.2. The van der Waals surface area contributed by atoms with E-state index in [2.05, 4.69) is 37.5 Å². The fraction of sp³-hybridized carbons (Fsp3) is 0.304. The molecular formula is C23H28N4O. The third-order valence-electron chi connectivity index (χ3n) is 4.42. The second-order valence-corrected chi connectivity index (χ2v) is 7.52. The van der Waals surface area contributed by atoms with Crippen LogP contribution in [0, 0.1) is 5.92 Å². The average molecular weight is 377 g/mol. The zero-order valence-corrected chi connectivity index (χ0v) is 16.8. The summed E-state index contributed by atoms with van der Waals surface area (Å²) in [5.41, 5.74) is 4.13. The van der Waals surface area contributed by atoms with E-state index in [1.807, 2.05) is 65.2 Å². The lowest BCUT2D eigenvalue weighted by Crippen LogP contribution is -2.36. The van der Waals surface area contributed by atoms with E-state index in [-0.39, 0.29) is 5.91 Å².